The fourth-order valence-corrected chi connectivity index (χ4v) is 2.48. The van der Waals surface area contributed by atoms with Crippen molar-refractivity contribution in [1.82, 2.24) is 14.3 Å². The molecule has 2 aromatic rings. The SMILES string of the molecule is O=C(O)CC1COCCN1C(=O)c1cn2ccccc2n1. The molecular weight excluding hydrogens is 274 g/mol. The molecule has 0 aliphatic carbocycles. The summed E-state index contributed by atoms with van der Waals surface area (Å²) in [7, 11) is 0. The Morgan fingerprint density at radius 2 is 2.29 bits per heavy atom. The van der Waals surface area contributed by atoms with Gasteiger partial charge in [-0.3, -0.25) is 9.59 Å². The first-order chi connectivity index (χ1) is 10.1. The zero-order chi connectivity index (χ0) is 14.8. The van der Waals surface area contributed by atoms with Gasteiger partial charge in [-0.2, -0.15) is 0 Å². The molecule has 0 radical (unpaired) electrons. The number of imidazole rings is 1. The molecule has 0 aromatic carbocycles. The lowest BCUT2D eigenvalue weighted by Gasteiger charge is -2.34. The molecule has 110 valence electrons. The third-order valence-corrected chi connectivity index (χ3v) is 3.48. The molecule has 1 aliphatic rings. The summed E-state index contributed by atoms with van der Waals surface area (Å²) in [6, 6.07) is 5.06. The lowest BCUT2D eigenvalue weighted by Crippen LogP contribution is -2.49. The lowest BCUT2D eigenvalue weighted by atomic mass is 10.1. The highest BCUT2D eigenvalue weighted by molar-refractivity contribution is 5.93. The average molecular weight is 289 g/mol. The van der Waals surface area contributed by atoms with Gasteiger partial charge in [-0.15, -0.1) is 0 Å². The van der Waals surface area contributed by atoms with Gasteiger partial charge in [-0.05, 0) is 12.1 Å². The molecule has 0 saturated carbocycles. The topological polar surface area (TPSA) is 84.1 Å². The minimum atomic E-state index is -0.946. The number of ether oxygens (including phenoxy) is 1. The number of hydrogen-bond acceptors (Lipinski definition) is 4. The summed E-state index contributed by atoms with van der Waals surface area (Å²) < 4.78 is 7.04. The summed E-state index contributed by atoms with van der Waals surface area (Å²) in [6.45, 7) is 1.03. The highest BCUT2D eigenvalue weighted by Crippen LogP contribution is 2.15. The summed E-state index contributed by atoms with van der Waals surface area (Å²) in [5.74, 6) is -1.20. The third-order valence-electron chi connectivity index (χ3n) is 3.48. The Labute approximate surface area is 120 Å². The van der Waals surface area contributed by atoms with E-state index in [0.717, 1.165) is 0 Å². The fraction of sp³-hybridized carbons (Fsp3) is 0.357. The highest BCUT2D eigenvalue weighted by atomic mass is 16.5. The lowest BCUT2D eigenvalue weighted by molar-refractivity contribution is -0.139. The van der Waals surface area contributed by atoms with Crippen LogP contribution < -0.4 is 0 Å². The maximum atomic E-state index is 12.6. The maximum Gasteiger partial charge on any atom is 0.305 e. The fourth-order valence-electron chi connectivity index (χ4n) is 2.48. The van der Waals surface area contributed by atoms with E-state index in [1.165, 1.54) is 0 Å². The average Bonchev–Trinajstić information content (AvgIpc) is 2.90. The van der Waals surface area contributed by atoms with Crippen molar-refractivity contribution in [3.8, 4) is 0 Å². The van der Waals surface area contributed by atoms with E-state index >= 15 is 0 Å². The highest BCUT2D eigenvalue weighted by Gasteiger charge is 2.30. The Morgan fingerprint density at radius 3 is 3.05 bits per heavy atom. The van der Waals surface area contributed by atoms with Crippen molar-refractivity contribution in [2.75, 3.05) is 19.8 Å². The second kappa shape index (κ2) is 5.53. The minimum absolute atomic E-state index is 0.126. The van der Waals surface area contributed by atoms with E-state index in [-0.39, 0.29) is 18.9 Å². The van der Waals surface area contributed by atoms with Crippen LogP contribution in [0.3, 0.4) is 0 Å². The number of nitrogens with zero attached hydrogens (tertiary/aromatic N) is 3. The van der Waals surface area contributed by atoms with Crippen LogP contribution in [-0.2, 0) is 9.53 Å². The Balaban J connectivity index is 1.86. The smallest absolute Gasteiger partial charge is 0.305 e. The molecule has 2 aromatic heterocycles. The monoisotopic (exact) mass is 289 g/mol. The van der Waals surface area contributed by atoms with E-state index in [1.807, 2.05) is 24.4 Å². The molecule has 1 saturated heterocycles. The molecule has 21 heavy (non-hydrogen) atoms. The van der Waals surface area contributed by atoms with Crippen molar-refractivity contribution < 1.29 is 19.4 Å². The van der Waals surface area contributed by atoms with E-state index in [4.69, 9.17) is 9.84 Å². The number of carbonyl (C=O) groups is 2. The van der Waals surface area contributed by atoms with E-state index in [0.29, 0.717) is 24.5 Å². The van der Waals surface area contributed by atoms with Crippen LogP contribution in [-0.4, -0.2) is 57.1 Å². The molecule has 1 fully saturated rings. The summed E-state index contributed by atoms with van der Waals surface area (Å²) in [5, 5.41) is 8.94. The molecular formula is C14H15N3O4. The van der Waals surface area contributed by atoms with Gasteiger partial charge in [0.1, 0.15) is 11.3 Å². The largest absolute Gasteiger partial charge is 0.481 e. The first-order valence-corrected chi connectivity index (χ1v) is 6.69. The number of amides is 1. The number of carboxylic acids is 1. The van der Waals surface area contributed by atoms with E-state index in [2.05, 4.69) is 4.98 Å². The second-order valence-electron chi connectivity index (χ2n) is 4.92. The molecule has 1 unspecified atom stereocenters. The first kappa shape index (κ1) is 13.6. The maximum absolute atomic E-state index is 12.6. The van der Waals surface area contributed by atoms with E-state index in [1.54, 1.807) is 15.5 Å². The molecule has 1 amide bonds. The van der Waals surface area contributed by atoms with Crippen molar-refractivity contribution in [2.45, 2.75) is 12.5 Å². The Kier molecular flexibility index (Phi) is 3.57. The van der Waals surface area contributed by atoms with Gasteiger partial charge in [-0.1, -0.05) is 6.07 Å². The molecule has 1 N–H and O–H groups in total. The number of aliphatic carboxylic acids is 1. The van der Waals surface area contributed by atoms with Crippen LogP contribution in [0.25, 0.3) is 5.65 Å². The van der Waals surface area contributed by atoms with Crippen molar-refractivity contribution in [1.29, 1.82) is 0 Å². The minimum Gasteiger partial charge on any atom is -0.481 e. The Hall–Kier alpha value is -2.41. The van der Waals surface area contributed by atoms with E-state index in [9.17, 15) is 9.59 Å². The summed E-state index contributed by atoms with van der Waals surface area (Å²) in [4.78, 5) is 29.3. The molecule has 3 rings (SSSR count). The van der Waals surface area contributed by atoms with Gasteiger partial charge in [0.15, 0.2) is 0 Å². The van der Waals surface area contributed by atoms with Crippen LogP contribution in [0.5, 0.6) is 0 Å². The number of rotatable bonds is 3. The Bertz CT molecular complexity index is 649. The molecule has 1 atom stereocenters. The normalized spacial score (nSPS) is 18.9. The standard InChI is InChI=1S/C14H15N3O4/c18-13(19)7-10-9-21-6-5-17(10)14(20)11-8-16-4-2-1-3-12(16)15-11/h1-4,8,10H,5-7,9H2,(H,18,19). The quantitative estimate of drug-likeness (QED) is 0.897. The molecule has 0 bridgehead atoms. The number of carbonyl (C=O) groups excluding carboxylic acids is 1. The van der Waals surface area contributed by atoms with Gasteiger partial charge in [0.25, 0.3) is 5.91 Å². The number of aromatic nitrogens is 2. The van der Waals surface area contributed by atoms with Crippen molar-refractivity contribution in [2.24, 2.45) is 0 Å². The zero-order valence-corrected chi connectivity index (χ0v) is 11.3. The van der Waals surface area contributed by atoms with Gasteiger partial charge in [0, 0.05) is 18.9 Å². The Morgan fingerprint density at radius 1 is 1.43 bits per heavy atom. The predicted octanol–water partition coefficient (Wildman–Crippen LogP) is 0.650. The van der Waals surface area contributed by atoms with Crippen molar-refractivity contribution in [3.05, 3.63) is 36.3 Å². The van der Waals surface area contributed by atoms with Gasteiger partial charge in [0.2, 0.25) is 0 Å². The third kappa shape index (κ3) is 2.73. The van der Waals surface area contributed by atoms with E-state index < -0.39 is 12.0 Å². The van der Waals surface area contributed by atoms with Crippen LogP contribution in [0.4, 0.5) is 0 Å². The van der Waals surface area contributed by atoms with Crippen molar-refractivity contribution >= 4 is 17.5 Å². The molecule has 7 heteroatoms. The molecule has 1 aliphatic heterocycles. The summed E-state index contributed by atoms with van der Waals surface area (Å²) >= 11 is 0. The number of carboxylic acid groups (broad SMARTS) is 1. The van der Waals surface area contributed by atoms with Crippen molar-refractivity contribution in [3.63, 3.8) is 0 Å². The molecule has 0 spiro atoms. The molecule has 3 heterocycles. The van der Waals surface area contributed by atoms with Gasteiger partial charge in [-0.25, -0.2) is 4.98 Å². The zero-order valence-electron chi connectivity index (χ0n) is 11.3. The van der Waals surface area contributed by atoms with Crippen LogP contribution in [0.1, 0.15) is 16.9 Å². The summed E-state index contributed by atoms with van der Waals surface area (Å²) in [6.07, 6.45) is 3.34. The molecule has 7 nitrogen and oxygen atoms in total. The number of hydrogen-bond donors (Lipinski definition) is 1. The first-order valence-electron chi connectivity index (χ1n) is 6.69. The van der Waals surface area contributed by atoms with Gasteiger partial charge < -0.3 is 19.1 Å². The van der Waals surface area contributed by atoms with Crippen LogP contribution >= 0.6 is 0 Å². The summed E-state index contributed by atoms with van der Waals surface area (Å²) in [5.41, 5.74) is 1.00. The van der Waals surface area contributed by atoms with Crippen LogP contribution in [0, 0.1) is 0 Å². The predicted molar refractivity (Wildman–Crippen MR) is 73.1 cm³/mol. The number of fused-ring (bicyclic) bond motifs is 1. The number of morpholine rings is 1. The number of pyridine rings is 1. The van der Waals surface area contributed by atoms with Gasteiger partial charge in [0.05, 0.1) is 25.7 Å². The second-order valence-corrected chi connectivity index (χ2v) is 4.92. The van der Waals surface area contributed by atoms with Crippen LogP contribution in [0.15, 0.2) is 30.6 Å². The van der Waals surface area contributed by atoms with Gasteiger partial charge >= 0.3 is 5.97 Å². The van der Waals surface area contributed by atoms with Crippen LogP contribution in [0.2, 0.25) is 0 Å².